The molecule has 0 amide bonds. The van der Waals surface area contributed by atoms with E-state index in [0.29, 0.717) is 24.1 Å². The van der Waals surface area contributed by atoms with Gasteiger partial charge in [0.2, 0.25) is 0 Å². The van der Waals surface area contributed by atoms with E-state index in [9.17, 15) is 4.79 Å². The molecular formula is C16H24N2O2. The van der Waals surface area contributed by atoms with Gasteiger partial charge in [0.15, 0.2) is 0 Å². The Morgan fingerprint density at radius 3 is 2.70 bits per heavy atom. The third-order valence-electron chi connectivity index (χ3n) is 3.40. The predicted molar refractivity (Wildman–Crippen MR) is 82.0 cm³/mol. The van der Waals surface area contributed by atoms with Gasteiger partial charge in [0.25, 0.3) is 0 Å². The molecule has 2 N–H and O–H groups in total. The van der Waals surface area contributed by atoms with Crippen molar-refractivity contribution in [2.45, 2.75) is 39.7 Å². The van der Waals surface area contributed by atoms with Gasteiger partial charge in [-0.2, -0.15) is 0 Å². The van der Waals surface area contributed by atoms with Gasteiger partial charge in [-0.05, 0) is 43.9 Å². The quantitative estimate of drug-likeness (QED) is 0.641. The molecule has 4 nitrogen and oxygen atoms in total. The summed E-state index contributed by atoms with van der Waals surface area (Å²) in [6, 6.07) is 5.97. The van der Waals surface area contributed by atoms with Crippen LogP contribution >= 0.6 is 0 Å². The number of hydrogen-bond acceptors (Lipinski definition) is 4. The highest BCUT2D eigenvalue weighted by Crippen LogP contribution is 2.36. The van der Waals surface area contributed by atoms with Crippen LogP contribution in [0.4, 0.5) is 11.4 Å². The van der Waals surface area contributed by atoms with Crippen LogP contribution in [0.15, 0.2) is 18.2 Å². The van der Waals surface area contributed by atoms with E-state index >= 15 is 0 Å². The lowest BCUT2D eigenvalue weighted by atomic mass is 10.1. The van der Waals surface area contributed by atoms with Gasteiger partial charge >= 0.3 is 5.97 Å². The van der Waals surface area contributed by atoms with E-state index in [1.54, 1.807) is 12.1 Å². The molecule has 1 aromatic carbocycles. The van der Waals surface area contributed by atoms with Crippen molar-refractivity contribution in [3.05, 3.63) is 23.8 Å². The molecule has 0 aliphatic heterocycles. The van der Waals surface area contributed by atoms with E-state index in [1.165, 1.54) is 12.8 Å². The van der Waals surface area contributed by atoms with E-state index in [1.807, 2.05) is 13.0 Å². The number of benzene rings is 1. The Balaban J connectivity index is 2.28. The minimum Gasteiger partial charge on any atom is -0.462 e. The standard InChI is InChI=1S/C16H24N2O2/c1-4-20-16(19)12-5-8-14(17)15(9-12)18(10-11(2)3)13-6-7-13/h5,8-9,11,13H,4,6-7,10,17H2,1-3H3. The Morgan fingerprint density at radius 2 is 2.15 bits per heavy atom. The van der Waals surface area contributed by atoms with Crippen LogP contribution < -0.4 is 10.6 Å². The molecule has 1 aliphatic carbocycles. The number of carbonyl (C=O) groups is 1. The maximum Gasteiger partial charge on any atom is 0.338 e. The second-order valence-electron chi connectivity index (χ2n) is 5.77. The minimum atomic E-state index is -0.283. The summed E-state index contributed by atoms with van der Waals surface area (Å²) >= 11 is 0. The van der Waals surface area contributed by atoms with Crippen LogP contribution in [0.3, 0.4) is 0 Å². The smallest absolute Gasteiger partial charge is 0.338 e. The van der Waals surface area contributed by atoms with Crippen LogP contribution in [0.2, 0.25) is 0 Å². The average Bonchev–Trinajstić information content (AvgIpc) is 3.21. The maximum atomic E-state index is 11.9. The molecule has 0 atom stereocenters. The van der Waals surface area contributed by atoms with Gasteiger partial charge in [-0.3, -0.25) is 0 Å². The Hall–Kier alpha value is -1.71. The van der Waals surface area contributed by atoms with E-state index < -0.39 is 0 Å². The van der Waals surface area contributed by atoms with E-state index in [-0.39, 0.29) is 5.97 Å². The number of hydrogen-bond donors (Lipinski definition) is 1. The van der Waals surface area contributed by atoms with Gasteiger partial charge in [-0.15, -0.1) is 0 Å². The average molecular weight is 276 g/mol. The first kappa shape index (κ1) is 14.7. The molecule has 0 saturated heterocycles. The zero-order chi connectivity index (χ0) is 14.7. The van der Waals surface area contributed by atoms with Crippen LogP contribution in [0.1, 0.15) is 44.0 Å². The molecular weight excluding hydrogens is 252 g/mol. The van der Waals surface area contributed by atoms with Gasteiger partial charge in [0.05, 0.1) is 23.5 Å². The van der Waals surface area contributed by atoms with E-state index in [0.717, 1.165) is 17.9 Å². The van der Waals surface area contributed by atoms with Crippen molar-refractivity contribution in [1.82, 2.24) is 0 Å². The molecule has 2 rings (SSSR count). The summed E-state index contributed by atoms with van der Waals surface area (Å²) in [5.41, 5.74) is 8.38. The van der Waals surface area contributed by atoms with Gasteiger partial charge in [0.1, 0.15) is 0 Å². The molecule has 1 saturated carbocycles. The fourth-order valence-electron chi connectivity index (χ4n) is 2.36. The SMILES string of the molecule is CCOC(=O)c1ccc(N)c(N(CC(C)C)C2CC2)c1. The van der Waals surface area contributed by atoms with Crippen molar-refractivity contribution in [3.63, 3.8) is 0 Å². The molecule has 4 heteroatoms. The molecule has 0 spiro atoms. The maximum absolute atomic E-state index is 11.9. The zero-order valence-corrected chi connectivity index (χ0v) is 12.6. The number of esters is 1. The largest absolute Gasteiger partial charge is 0.462 e. The molecule has 0 radical (unpaired) electrons. The molecule has 0 heterocycles. The first-order valence-corrected chi connectivity index (χ1v) is 7.36. The molecule has 0 aromatic heterocycles. The summed E-state index contributed by atoms with van der Waals surface area (Å²) in [5.74, 6) is 0.273. The summed E-state index contributed by atoms with van der Waals surface area (Å²) in [4.78, 5) is 14.2. The lowest BCUT2D eigenvalue weighted by Gasteiger charge is -2.28. The zero-order valence-electron chi connectivity index (χ0n) is 12.6. The minimum absolute atomic E-state index is 0.283. The molecule has 110 valence electrons. The van der Waals surface area contributed by atoms with Crippen molar-refractivity contribution in [3.8, 4) is 0 Å². The first-order chi connectivity index (χ1) is 9.52. The number of nitrogen functional groups attached to an aromatic ring is 1. The molecule has 0 unspecified atom stereocenters. The van der Waals surface area contributed by atoms with Gasteiger partial charge in [-0.25, -0.2) is 4.79 Å². The van der Waals surface area contributed by atoms with E-state index in [4.69, 9.17) is 10.5 Å². The molecule has 1 aromatic rings. The second-order valence-corrected chi connectivity index (χ2v) is 5.77. The monoisotopic (exact) mass is 276 g/mol. The summed E-state index contributed by atoms with van der Waals surface area (Å²) < 4.78 is 5.06. The number of nitrogens with zero attached hydrogens (tertiary/aromatic N) is 1. The normalized spacial score (nSPS) is 14.4. The van der Waals surface area contributed by atoms with Gasteiger partial charge < -0.3 is 15.4 Å². The van der Waals surface area contributed by atoms with Crippen molar-refractivity contribution < 1.29 is 9.53 Å². The lowest BCUT2D eigenvalue weighted by Crippen LogP contribution is -2.30. The highest BCUT2D eigenvalue weighted by atomic mass is 16.5. The van der Waals surface area contributed by atoms with Gasteiger partial charge in [-0.1, -0.05) is 13.8 Å². The molecule has 20 heavy (non-hydrogen) atoms. The van der Waals surface area contributed by atoms with Crippen LogP contribution in [0, 0.1) is 5.92 Å². The third kappa shape index (κ3) is 3.44. The highest BCUT2D eigenvalue weighted by molar-refractivity contribution is 5.92. The Bertz CT molecular complexity index is 481. The molecule has 1 aliphatic rings. The summed E-state index contributed by atoms with van der Waals surface area (Å²) in [7, 11) is 0. The summed E-state index contributed by atoms with van der Waals surface area (Å²) in [5, 5.41) is 0. The predicted octanol–water partition coefficient (Wildman–Crippen LogP) is 3.07. The highest BCUT2D eigenvalue weighted by Gasteiger charge is 2.31. The number of rotatable bonds is 6. The van der Waals surface area contributed by atoms with Crippen molar-refractivity contribution in [2.24, 2.45) is 5.92 Å². The third-order valence-corrected chi connectivity index (χ3v) is 3.40. The summed E-state index contributed by atoms with van der Waals surface area (Å²) in [6.45, 7) is 7.55. The van der Waals surface area contributed by atoms with Crippen LogP contribution in [-0.2, 0) is 4.74 Å². The first-order valence-electron chi connectivity index (χ1n) is 7.36. The topological polar surface area (TPSA) is 55.6 Å². The van der Waals surface area contributed by atoms with Crippen LogP contribution in [0.5, 0.6) is 0 Å². The fraction of sp³-hybridized carbons (Fsp3) is 0.562. The van der Waals surface area contributed by atoms with Crippen LogP contribution in [-0.4, -0.2) is 25.2 Å². The van der Waals surface area contributed by atoms with Crippen molar-refractivity contribution >= 4 is 17.3 Å². The van der Waals surface area contributed by atoms with Gasteiger partial charge in [0, 0.05) is 12.6 Å². The number of carbonyl (C=O) groups excluding carboxylic acids is 1. The Labute approximate surface area is 120 Å². The molecule has 0 bridgehead atoms. The Kier molecular flexibility index (Phi) is 4.53. The lowest BCUT2D eigenvalue weighted by molar-refractivity contribution is 0.0526. The van der Waals surface area contributed by atoms with Crippen molar-refractivity contribution in [1.29, 1.82) is 0 Å². The van der Waals surface area contributed by atoms with E-state index in [2.05, 4.69) is 18.7 Å². The molecule has 1 fully saturated rings. The number of ether oxygens (including phenoxy) is 1. The second kappa shape index (κ2) is 6.16. The Morgan fingerprint density at radius 1 is 1.45 bits per heavy atom. The summed E-state index contributed by atoms with van der Waals surface area (Å²) in [6.07, 6.45) is 2.41. The number of anilines is 2. The fourth-order valence-corrected chi connectivity index (χ4v) is 2.36. The van der Waals surface area contributed by atoms with Crippen LogP contribution in [0.25, 0.3) is 0 Å². The number of nitrogens with two attached hydrogens (primary N) is 1. The van der Waals surface area contributed by atoms with Crippen molar-refractivity contribution in [2.75, 3.05) is 23.8 Å².